The van der Waals surface area contributed by atoms with E-state index in [0.717, 1.165) is 38.4 Å². The SMILES string of the molecule is COC[C@@H](N)CC1CCOCC1. The van der Waals surface area contributed by atoms with Crippen LogP contribution in [0.4, 0.5) is 0 Å². The van der Waals surface area contributed by atoms with Crippen LogP contribution in [0.1, 0.15) is 19.3 Å². The summed E-state index contributed by atoms with van der Waals surface area (Å²) >= 11 is 0. The summed E-state index contributed by atoms with van der Waals surface area (Å²) in [5.41, 5.74) is 5.85. The van der Waals surface area contributed by atoms with Crippen LogP contribution in [-0.4, -0.2) is 33.0 Å². The van der Waals surface area contributed by atoms with Crippen LogP contribution in [0.2, 0.25) is 0 Å². The third-order valence-electron chi connectivity index (χ3n) is 2.36. The predicted octanol–water partition coefficient (Wildman–Crippen LogP) is 0.777. The summed E-state index contributed by atoms with van der Waals surface area (Å²) in [5.74, 6) is 0.754. The molecule has 0 radical (unpaired) electrons. The monoisotopic (exact) mass is 173 g/mol. The zero-order chi connectivity index (χ0) is 8.81. The molecule has 0 bridgehead atoms. The van der Waals surface area contributed by atoms with E-state index in [4.69, 9.17) is 15.2 Å². The van der Waals surface area contributed by atoms with E-state index in [0.29, 0.717) is 6.61 Å². The van der Waals surface area contributed by atoms with Gasteiger partial charge in [-0.3, -0.25) is 0 Å². The summed E-state index contributed by atoms with van der Waals surface area (Å²) < 4.78 is 10.3. The number of hydrogen-bond acceptors (Lipinski definition) is 3. The van der Waals surface area contributed by atoms with Gasteiger partial charge in [0.1, 0.15) is 0 Å². The molecule has 1 aliphatic rings. The molecule has 0 aromatic heterocycles. The number of methoxy groups -OCH3 is 1. The summed E-state index contributed by atoms with van der Waals surface area (Å²) in [6, 6.07) is 0.207. The van der Waals surface area contributed by atoms with Gasteiger partial charge in [-0.15, -0.1) is 0 Å². The van der Waals surface area contributed by atoms with E-state index in [9.17, 15) is 0 Å². The molecule has 3 nitrogen and oxygen atoms in total. The lowest BCUT2D eigenvalue weighted by atomic mass is 9.93. The average Bonchev–Trinajstić information content (AvgIpc) is 2.06. The lowest BCUT2D eigenvalue weighted by molar-refractivity contribution is 0.0577. The molecule has 1 aliphatic heterocycles. The van der Waals surface area contributed by atoms with E-state index in [1.165, 1.54) is 0 Å². The Hall–Kier alpha value is -0.120. The minimum absolute atomic E-state index is 0.207. The van der Waals surface area contributed by atoms with Crippen molar-refractivity contribution in [2.24, 2.45) is 11.7 Å². The Morgan fingerprint density at radius 1 is 1.50 bits per heavy atom. The van der Waals surface area contributed by atoms with Crippen molar-refractivity contribution < 1.29 is 9.47 Å². The van der Waals surface area contributed by atoms with Crippen molar-refractivity contribution in [3.05, 3.63) is 0 Å². The van der Waals surface area contributed by atoms with Crippen molar-refractivity contribution in [1.82, 2.24) is 0 Å². The number of ether oxygens (including phenoxy) is 2. The Balaban J connectivity index is 2.11. The molecule has 1 saturated heterocycles. The van der Waals surface area contributed by atoms with Crippen molar-refractivity contribution in [1.29, 1.82) is 0 Å². The molecule has 72 valence electrons. The minimum atomic E-state index is 0.207. The first kappa shape index (κ1) is 9.96. The van der Waals surface area contributed by atoms with E-state index in [1.807, 2.05) is 0 Å². The molecular weight excluding hydrogens is 154 g/mol. The third kappa shape index (κ3) is 3.52. The van der Waals surface area contributed by atoms with Gasteiger partial charge in [-0.2, -0.15) is 0 Å². The molecule has 1 heterocycles. The second-order valence-corrected chi connectivity index (χ2v) is 3.51. The van der Waals surface area contributed by atoms with Crippen LogP contribution in [0.15, 0.2) is 0 Å². The maximum atomic E-state index is 5.85. The second-order valence-electron chi connectivity index (χ2n) is 3.51. The minimum Gasteiger partial charge on any atom is -0.383 e. The highest BCUT2D eigenvalue weighted by molar-refractivity contribution is 4.70. The highest BCUT2D eigenvalue weighted by atomic mass is 16.5. The van der Waals surface area contributed by atoms with Crippen LogP contribution in [0.3, 0.4) is 0 Å². The van der Waals surface area contributed by atoms with Crippen molar-refractivity contribution >= 4 is 0 Å². The zero-order valence-corrected chi connectivity index (χ0v) is 7.79. The molecule has 0 saturated carbocycles. The standard InChI is InChI=1S/C9H19NO2/c1-11-7-9(10)6-8-2-4-12-5-3-8/h8-9H,2-7,10H2,1H3/t9-/m0/s1. The fourth-order valence-electron chi connectivity index (χ4n) is 1.69. The van der Waals surface area contributed by atoms with Crippen LogP contribution in [-0.2, 0) is 9.47 Å². The first-order valence-electron chi connectivity index (χ1n) is 4.65. The van der Waals surface area contributed by atoms with Crippen LogP contribution >= 0.6 is 0 Å². The van der Waals surface area contributed by atoms with Crippen LogP contribution in [0.5, 0.6) is 0 Å². The topological polar surface area (TPSA) is 44.5 Å². The summed E-state index contributed by atoms with van der Waals surface area (Å²) in [4.78, 5) is 0. The molecule has 0 unspecified atom stereocenters. The Morgan fingerprint density at radius 3 is 2.75 bits per heavy atom. The number of hydrogen-bond donors (Lipinski definition) is 1. The molecule has 1 rings (SSSR count). The molecule has 2 N–H and O–H groups in total. The summed E-state index contributed by atoms with van der Waals surface area (Å²) in [6.07, 6.45) is 3.41. The van der Waals surface area contributed by atoms with E-state index in [1.54, 1.807) is 7.11 Å². The Labute approximate surface area is 74.2 Å². The Morgan fingerprint density at radius 2 is 2.17 bits per heavy atom. The quantitative estimate of drug-likeness (QED) is 0.683. The fourth-order valence-corrected chi connectivity index (χ4v) is 1.69. The van der Waals surface area contributed by atoms with Crippen LogP contribution < -0.4 is 5.73 Å². The lowest BCUT2D eigenvalue weighted by Gasteiger charge is -2.24. The molecule has 0 aromatic rings. The van der Waals surface area contributed by atoms with E-state index < -0.39 is 0 Å². The third-order valence-corrected chi connectivity index (χ3v) is 2.36. The fraction of sp³-hybridized carbons (Fsp3) is 1.00. The highest BCUT2D eigenvalue weighted by Crippen LogP contribution is 2.19. The molecule has 0 amide bonds. The molecule has 3 heteroatoms. The smallest absolute Gasteiger partial charge is 0.0613 e. The van der Waals surface area contributed by atoms with Crippen molar-refractivity contribution in [2.45, 2.75) is 25.3 Å². The van der Waals surface area contributed by atoms with E-state index in [-0.39, 0.29) is 6.04 Å². The largest absolute Gasteiger partial charge is 0.383 e. The molecule has 0 spiro atoms. The molecule has 0 aliphatic carbocycles. The van der Waals surface area contributed by atoms with Crippen molar-refractivity contribution in [3.8, 4) is 0 Å². The van der Waals surface area contributed by atoms with Gasteiger partial charge in [-0.1, -0.05) is 0 Å². The average molecular weight is 173 g/mol. The van der Waals surface area contributed by atoms with Gasteiger partial charge in [0.15, 0.2) is 0 Å². The van der Waals surface area contributed by atoms with Crippen molar-refractivity contribution in [3.63, 3.8) is 0 Å². The van der Waals surface area contributed by atoms with Crippen LogP contribution in [0, 0.1) is 5.92 Å². The summed E-state index contributed by atoms with van der Waals surface area (Å²) in [6.45, 7) is 2.49. The molecule has 0 aromatic carbocycles. The molecule has 1 atom stereocenters. The first-order valence-corrected chi connectivity index (χ1v) is 4.65. The van der Waals surface area contributed by atoms with Gasteiger partial charge in [-0.25, -0.2) is 0 Å². The van der Waals surface area contributed by atoms with Crippen LogP contribution in [0.25, 0.3) is 0 Å². The molecule has 12 heavy (non-hydrogen) atoms. The van der Waals surface area contributed by atoms with Gasteiger partial charge in [0.25, 0.3) is 0 Å². The number of nitrogens with two attached hydrogens (primary N) is 1. The zero-order valence-electron chi connectivity index (χ0n) is 7.79. The van der Waals surface area contributed by atoms with Gasteiger partial charge < -0.3 is 15.2 Å². The molecular formula is C9H19NO2. The normalized spacial score (nSPS) is 22.5. The maximum absolute atomic E-state index is 5.85. The predicted molar refractivity (Wildman–Crippen MR) is 48.0 cm³/mol. The summed E-state index contributed by atoms with van der Waals surface area (Å²) in [7, 11) is 1.70. The van der Waals surface area contributed by atoms with Gasteiger partial charge in [0.2, 0.25) is 0 Å². The van der Waals surface area contributed by atoms with Gasteiger partial charge >= 0.3 is 0 Å². The Kier molecular flexibility index (Phi) is 4.58. The lowest BCUT2D eigenvalue weighted by Crippen LogP contribution is -2.30. The number of rotatable bonds is 4. The molecule has 1 fully saturated rings. The van der Waals surface area contributed by atoms with E-state index >= 15 is 0 Å². The van der Waals surface area contributed by atoms with Gasteiger partial charge in [0, 0.05) is 26.4 Å². The second kappa shape index (κ2) is 5.51. The van der Waals surface area contributed by atoms with Gasteiger partial charge in [0.05, 0.1) is 6.61 Å². The summed E-state index contributed by atoms with van der Waals surface area (Å²) in [5, 5.41) is 0. The first-order chi connectivity index (χ1) is 5.83. The maximum Gasteiger partial charge on any atom is 0.0613 e. The Bertz CT molecular complexity index is 113. The highest BCUT2D eigenvalue weighted by Gasteiger charge is 2.16. The van der Waals surface area contributed by atoms with Gasteiger partial charge in [-0.05, 0) is 25.2 Å². The van der Waals surface area contributed by atoms with E-state index in [2.05, 4.69) is 0 Å². The van der Waals surface area contributed by atoms with Crippen molar-refractivity contribution in [2.75, 3.05) is 26.9 Å².